The summed E-state index contributed by atoms with van der Waals surface area (Å²) < 4.78 is 12.0. The van der Waals surface area contributed by atoms with E-state index in [0.717, 1.165) is 47.4 Å². The molecule has 1 saturated heterocycles. The first-order valence-electron chi connectivity index (χ1n) is 12.0. The molecule has 2 aromatic carbocycles. The van der Waals surface area contributed by atoms with E-state index in [2.05, 4.69) is 22.4 Å². The standard InChI is InChI=1S/C26H28N4O5/c1-2-17-14-23(31)28-29-24(17)19-5-8-21-22(13-19)35-25(27-21)18-3-6-20(7-4-18)34-15-16-9-11-30(12-10-16)26(32)33/h3-8,13,16-17H,2,9-12,14-15H2,1H3,(H,28,31)(H,32,33). The smallest absolute Gasteiger partial charge is 0.407 e. The molecule has 35 heavy (non-hydrogen) atoms. The Labute approximate surface area is 202 Å². The van der Waals surface area contributed by atoms with Crippen LogP contribution in [0, 0.1) is 11.8 Å². The molecule has 2 amide bonds. The molecule has 1 fully saturated rings. The number of hydrazone groups is 1. The van der Waals surface area contributed by atoms with Crippen molar-refractivity contribution in [3.8, 4) is 17.2 Å². The van der Waals surface area contributed by atoms with Crippen molar-refractivity contribution in [1.29, 1.82) is 0 Å². The summed E-state index contributed by atoms with van der Waals surface area (Å²) in [5, 5.41) is 13.4. The van der Waals surface area contributed by atoms with Crippen LogP contribution in [0.4, 0.5) is 4.79 Å². The fourth-order valence-corrected chi connectivity index (χ4v) is 4.62. The minimum atomic E-state index is -0.850. The molecular weight excluding hydrogens is 448 g/mol. The van der Waals surface area contributed by atoms with Gasteiger partial charge in [0.05, 0.1) is 12.3 Å². The van der Waals surface area contributed by atoms with Crippen LogP contribution in [0.5, 0.6) is 5.75 Å². The number of hydrogen-bond donors (Lipinski definition) is 2. The van der Waals surface area contributed by atoms with Gasteiger partial charge in [0.2, 0.25) is 11.8 Å². The zero-order chi connectivity index (χ0) is 24.4. The molecule has 0 spiro atoms. The Kier molecular flexibility index (Phi) is 6.39. The maximum atomic E-state index is 11.7. The van der Waals surface area contributed by atoms with Gasteiger partial charge in [0.1, 0.15) is 11.3 Å². The van der Waals surface area contributed by atoms with Gasteiger partial charge in [-0.25, -0.2) is 15.2 Å². The third kappa shape index (κ3) is 4.99. The van der Waals surface area contributed by atoms with Crippen LogP contribution in [0.2, 0.25) is 0 Å². The van der Waals surface area contributed by atoms with Gasteiger partial charge in [-0.05, 0) is 61.6 Å². The van der Waals surface area contributed by atoms with Gasteiger partial charge in [0, 0.05) is 36.6 Å². The van der Waals surface area contributed by atoms with Crippen LogP contribution < -0.4 is 10.2 Å². The van der Waals surface area contributed by atoms with E-state index in [-0.39, 0.29) is 11.8 Å². The van der Waals surface area contributed by atoms with Crippen LogP contribution in [0.3, 0.4) is 0 Å². The topological polar surface area (TPSA) is 117 Å². The number of benzene rings is 2. The predicted octanol–water partition coefficient (Wildman–Crippen LogP) is 4.51. The van der Waals surface area contributed by atoms with Crippen molar-refractivity contribution < 1.29 is 23.8 Å². The van der Waals surface area contributed by atoms with Crippen molar-refractivity contribution in [1.82, 2.24) is 15.3 Å². The van der Waals surface area contributed by atoms with E-state index in [0.29, 0.717) is 43.5 Å². The number of amides is 2. The molecule has 1 atom stereocenters. The first-order chi connectivity index (χ1) is 17.0. The number of rotatable bonds is 6. The average molecular weight is 477 g/mol. The molecular formula is C26H28N4O5. The second-order valence-corrected chi connectivity index (χ2v) is 9.09. The molecule has 0 saturated carbocycles. The van der Waals surface area contributed by atoms with E-state index in [1.54, 1.807) is 0 Å². The molecule has 1 aromatic heterocycles. The fourth-order valence-electron chi connectivity index (χ4n) is 4.62. The quantitative estimate of drug-likeness (QED) is 0.540. The lowest BCUT2D eigenvalue weighted by atomic mass is 9.90. The van der Waals surface area contributed by atoms with Gasteiger partial charge in [-0.15, -0.1) is 0 Å². The molecule has 0 radical (unpaired) electrons. The average Bonchev–Trinajstić information content (AvgIpc) is 3.31. The maximum absolute atomic E-state index is 11.7. The Balaban J connectivity index is 1.25. The van der Waals surface area contributed by atoms with Crippen LogP contribution in [0.1, 0.15) is 38.2 Å². The highest BCUT2D eigenvalue weighted by molar-refractivity contribution is 6.07. The van der Waals surface area contributed by atoms with Gasteiger partial charge in [0.25, 0.3) is 0 Å². The zero-order valence-corrected chi connectivity index (χ0v) is 19.6. The zero-order valence-electron chi connectivity index (χ0n) is 19.6. The summed E-state index contributed by atoms with van der Waals surface area (Å²) in [6.45, 7) is 3.74. The third-order valence-corrected chi connectivity index (χ3v) is 6.77. The molecule has 9 heteroatoms. The molecule has 2 aliphatic rings. The number of likely N-dealkylation sites (tertiary alicyclic amines) is 1. The van der Waals surface area contributed by atoms with Crippen molar-refractivity contribution >= 4 is 28.8 Å². The van der Waals surface area contributed by atoms with Gasteiger partial charge >= 0.3 is 6.09 Å². The number of carbonyl (C=O) groups is 2. The minimum Gasteiger partial charge on any atom is -0.493 e. The van der Waals surface area contributed by atoms with Crippen LogP contribution in [0.25, 0.3) is 22.6 Å². The molecule has 182 valence electrons. The number of fused-ring (bicyclic) bond motifs is 1. The van der Waals surface area contributed by atoms with E-state index >= 15 is 0 Å². The Bertz CT molecular complexity index is 1260. The predicted molar refractivity (Wildman–Crippen MR) is 130 cm³/mol. The van der Waals surface area contributed by atoms with Gasteiger partial charge in [-0.3, -0.25) is 4.79 Å². The number of nitrogens with one attached hydrogen (secondary N) is 1. The lowest BCUT2D eigenvalue weighted by Crippen LogP contribution is -2.38. The maximum Gasteiger partial charge on any atom is 0.407 e. The molecule has 2 aliphatic heterocycles. The van der Waals surface area contributed by atoms with Crippen LogP contribution in [-0.2, 0) is 4.79 Å². The first kappa shape index (κ1) is 22.9. The van der Waals surface area contributed by atoms with Gasteiger partial charge < -0.3 is 19.2 Å². The van der Waals surface area contributed by atoms with Crippen LogP contribution in [0.15, 0.2) is 52.0 Å². The Morgan fingerprint density at radius 2 is 1.91 bits per heavy atom. The largest absolute Gasteiger partial charge is 0.493 e. The molecule has 3 heterocycles. The summed E-state index contributed by atoms with van der Waals surface area (Å²) in [6.07, 6.45) is 2.05. The summed E-state index contributed by atoms with van der Waals surface area (Å²) in [6, 6.07) is 13.4. The summed E-state index contributed by atoms with van der Waals surface area (Å²) in [4.78, 5) is 28.8. The molecule has 1 unspecified atom stereocenters. The molecule has 0 aliphatic carbocycles. The van der Waals surface area contributed by atoms with E-state index in [9.17, 15) is 9.59 Å². The first-order valence-corrected chi connectivity index (χ1v) is 12.0. The second kappa shape index (κ2) is 9.77. The highest BCUT2D eigenvalue weighted by atomic mass is 16.5. The molecule has 9 nitrogen and oxygen atoms in total. The number of aromatic nitrogens is 1. The van der Waals surface area contributed by atoms with Crippen LogP contribution in [-0.4, -0.2) is 52.4 Å². The number of hydrogen-bond acceptors (Lipinski definition) is 6. The number of nitrogens with zero attached hydrogens (tertiary/aromatic N) is 3. The fraction of sp³-hybridized carbons (Fsp3) is 0.385. The molecule has 5 rings (SSSR count). The third-order valence-electron chi connectivity index (χ3n) is 6.77. The summed E-state index contributed by atoms with van der Waals surface area (Å²) in [5.74, 6) is 1.66. The summed E-state index contributed by atoms with van der Waals surface area (Å²) in [7, 11) is 0. The SMILES string of the molecule is CCC1CC(=O)NN=C1c1ccc2nc(-c3ccc(OCC4CCN(C(=O)O)CC4)cc3)oc2c1. The molecule has 0 bridgehead atoms. The van der Waals surface area contributed by atoms with E-state index < -0.39 is 6.09 Å². The Morgan fingerprint density at radius 3 is 2.63 bits per heavy atom. The molecule has 2 N–H and O–H groups in total. The molecule has 3 aromatic rings. The van der Waals surface area contributed by atoms with Crippen molar-refractivity contribution in [3.05, 3.63) is 48.0 Å². The number of oxazole rings is 1. The Hall–Kier alpha value is -3.88. The van der Waals surface area contributed by atoms with E-state index in [4.69, 9.17) is 14.3 Å². The lowest BCUT2D eigenvalue weighted by Gasteiger charge is -2.29. The summed E-state index contributed by atoms with van der Waals surface area (Å²) >= 11 is 0. The normalized spacial score (nSPS) is 18.9. The monoisotopic (exact) mass is 476 g/mol. The number of piperidine rings is 1. The van der Waals surface area contributed by atoms with E-state index in [1.807, 2.05) is 42.5 Å². The van der Waals surface area contributed by atoms with Crippen molar-refractivity contribution in [3.63, 3.8) is 0 Å². The minimum absolute atomic E-state index is 0.0559. The highest BCUT2D eigenvalue weighted by Crippen LogP contribution is 2.29. The number of ether oxygens (including phenoxy) is 1. The highest BCUT2D eigenvalue weighted by Gasteiger charge is 2.25. The van der Waals surface area contributed by atoms with Crippen LogP contribution >= 0.6 is 0 Å². The number of carbonyl (C=O) groups excluding carboxylic acids is 1. The van der Waals surface area contributed by atoms with Gasteiger partial charge in [-0.2, -0.15) is 5.10 Å². The van der Waals surface area contributed by atoms with Gasteiger partial charge in [0.15, 0.2) is 5.58 Å². The van der Waals surface area contributed by atoms with Crippen molar-refractivity contribution in [2.75, 3.05) is 19.7 Å². The van der Waals surface area contributed by atoms with Gasteiger partial charge in [-0.1, -0.05) is 13.0 Å². The van der Waals surface area contributed by atoms with Crippen molar-refractivity contribution in [2.24, 2.45) is 16.9 Å². The Morgan fingerprint density at radius 1 is 1.17 bits per heavy atom. The second-order valence-electron chi connectivity index (χ2n) is 9.09. The number of carboxylic acid groups (broad SMARTS) is 1. The van der Waals surface area contributed by atoms with Crippen molar-refractivity contribution in [2.45, 2.75) is 32.6 Å². The van der Waals surface area contributed by atoms with E-state index in [1.165, 1.54) is 4.90 Å². The summed E-state index contributed by atoms with van der Waals surface area (Å²) in [5.41, 5.74) is 6.63. The lowest BCUT2D eigenvalue weighted by molar-refractivity contribution is -0.122.